The van der Waals surface area contributed by atoms with Crippen LogP contribution in [0.2, 0.25) is 0 Å². The standard InChI is InChI=1S/C25H26N2O/c1-27(20-21-12-5-2-6-13-21)26-24(22-14-7-3-8-15-22)18-11-19-25(28)23-16-9-4-10-17-23/h2-10,12-17H,11,18-20H2,1H3/b26-24+. The molecule has 28 heavy (non-hydrogen) atoms. The summed E-state index contributed by atoms with van der Waals surface area (Å²) < 4.78 is 0. The highest BCUT2D eigenvalue weighted by Crippen LogP contribution is 2.13. The third kappa shape index (κ3) is 5.92. The molecule has 3 aromatic carbocycles. The average molecular weight is 370 g/mol. The Bertz CT molecular complexity index is 890. The van der Waals surface area contributed by atoms with Crippen molar-refractivity contribution in [2.45, 2.75) is 25.8 Å². The van der Waals surface area contributed by atoms with E-state index in [0.717, 1.165) is 36.2 Å². The lowest BCUT2D eigenvalue weighted by Crippen LogP contribution is -2.15. The van der Waals surface area contributed by atoms with Crippen molar-refractivity contribution in [3.63, 3.8) is 0 Å². The molecule has 0 aliphatic carbocycles. The summed E-state index contributed by atoms with van der Waals surface area (Å²) in [6.45, 7) is 0.750. The number of hydrogen-bond acceptors (Lipinski definition) is 3. The van der Waals surface area contributed by atoms with E-state index in [2.05, 4.69) is 24.3 Å². The number of hydrazone groups is 1. The smallest absolute Gasteiger partial charge is 0.162 e. The Hall–Kier alpha value is -3.20. The van der Waals surface area contributed by atoms with Crippen LogP contribution in [-0.4, -0.2) is 23.6 Å². The molecule has 0 spiro atoms. The second kappa shape index (κ2) is 10.2. The molecule has 0 N–H and O–H groups in total. The maximum atomic E-state index is 12.4. The number of Topliss-reactive ketones (excluding diaryl/α,β-unsaturated/α-hetero) is 1. The van der Waals surface area contributed by atoms with E-state index < -0.39 is 0 Å². The Morgan fingerprint density at radius 1 is 0.750 bits per heavy atom. The molecule has 3 heteroatoms. The summed E-state index contributed by atoms with van der Waals surface area (Å²) >= 11 is 0. The Kier molecular flexibility index (Phi) is 7.14. The van der Waals surface area contributed by atoms with Crippen molar-refractivity contribution in [1.29, 1.82) is 0 Å². The molecule has 3 aromatic rings. The van der Waals surface area contributed by atoms with Gasteiger partial charge in [-0.2, -0.15) is 5.10 Å². The van der Waals surface area contributed by atoms with E-state index in [9.17, 15) is 4.79 Å². The van der Waals surface area contributed by atoms with Crippen molar-refractivity contribution >= 4 is 11.5 Å². The minimum atomic E-state index is 0.186. The summed E-state index contributed by atoms with van der Waals surface area (Å²) in [4.78, 5) is 12.4. The van der Waals surface area contributed by atoms with E-state index in [1.807, 2.05) is 78.8 Å². The van der Waals surface area contributed by atoms with Crippen LogP contribution in [0.15, 0.2) is 96.1 Å². The minimum Gasteiger partial charge on any atom is -0.295 e. The zero-order valence-corrected chi connectivity index (χ0v) is 16.3. The van der Waals surface area contributed by atoms with Crippen LogP contribution in [0.4, 0.5) is 0 Å². The number of carbonyl (C=O) groups excluding carboxylic acids is 1. The first kappa shape index (κ1) is 19.6. The van der Waals surface area contributed by atoms with E-state index in [0.29, 0.717) is 6.42 Å². The summed E-state index contributed by atoms with van der Waals surface area (Å²) in [6.07, 6.45) is 2.07. The molecule has 0 fully saturated rings. The molecule has 0 aliphatic heterocycles. The van der Waals surface area contributed by atoms with Gasteiger partial charge in [0.2, 0.25) is 0 Å². The highest BCUT2D eigenvalue weighted by molar-refractivity contribution is 6.01. The molecule has 0 atom stereocenters. The first-order chi connectivity index (χ1) is 13.7. The van der Waals surface area contributed by atoms with Gasteiger partial charge in [-0.05, 0) is 24.0 Å². The van der Waals surface area contributed by atoms with Gasteiger partial charge in [-0.3, -0.25) is 9.80 Å². The third-order valence-electron chi connectivity index (χ3n) is 4.57. The van der Waals surface area contributed by atoms with Crippen molar-refractivity contribution in [2.24, 2.45) is 5.10 Å². The van der Waals surface area contributed by atoms with Crippen molar-refractivity contribution in [2.75, 3.05) is 7.05 Å². The molecule has 0 saturated heterocycles. The molecule has 3 nitrogen and oxygen atoms in total. The molecule has 3 rings (SSSR count). The largest absolute Gasteiger partial charge is 0.295 e. The first-order valence-corrected chi connectivity index (χ1v) is 9.68. The fourth-order valence-electron chi connectivity index (χ4n) is 3.16. The van der Waals surface area contributed by atoms with Crippen LogP contribution in [0.3, 0.4) is 0 Å². The fourth-order valence-corrected chi connectivity index (χ4v) is 3.16. The molecular formula is C25H26N2O. The molecule has 0 saturated carbocycles. The number of hydrogen-bond donors (Lipinski definition) is 0. The second-order valence-electron chi connectivity index (χ2n) is 6.86. The van der Waals surface area contributed by atoms with Crippen molar-refractivity contribution in [3.05, 3.63) is 108 Å². The monoisotopic (exact) mass is 370 g/mol. The number of carbonyl (C=O) groups is 1. The summed E-state index contributed by atoms with van der Waals surface area (Å²) in [5, 5.41) is 6.82. The molecule has 0 unspecified atom stereocenters. The van der Waals surface area contributed by atoms with E-state index in [4.69, 9.17) is 5.10 Å². The van der Waals surface area contributed by atoms with Gasteiger partial charge in [0.15, 0.2) is 5.78 Å². The zero-order chi connectivity index (χ0) is 19.6. The second-order valence-corrected chi connectivity index (χ2v) is 6.86. The lowest BCUT2D eigenvalue weighted by Gasteiger charge is -2.16. The van der Waals surface area contributed by atoms with Gasteiger partial charge in [-0.1, -0.05) is 91.0 Å². The van der Waals surface area contributed by atoms with Crippen molar-refractivity contribution < 1.29 is 4.79 Å². The third-order valence-corrected chi connectivity index (χ3v) is 4.57. The number of rotatable bonds is 9. The maximum Gasteiger partial charge on any atom is 0.162 e. The first-order valence-electron chi connectivity index (χ1n) is 9.68. The highest BCUT2D eigenvalue weighted by Gasteiger charge is 2.09. The van der Waals surface area contributed by atoms with Crippen molar-refractivity contribution in [1.82, 2.24) is 5.01 Å². The molecule has 0 aromatic heterocycles. The molecular weight excluding hydrogens is 344 g/mol. The molecule has 142 valence electrons. The summed E-state index contributed by atoms with van der Waals surface area (Å²) in [6, 6.07) is 30.0. The van der Waals surface area contributed by atoms with Crippen LogP contribution in [0.5, 0.6) is 0 Å². The Morgan fingerprint density at radius 2 is 1.29 bits per heavy atom. The number of ketones is 1. The quantitative estimate of drug-likeness (QED) is 0.280. The maximum absolute atomic E-state index is 12.4. The summed E-state index contributed by atoms with van der Waals surface area (Å²) in [5.41, 5.74) is 4.12. The Balaban J connectivity index is 1.66. The Labute approximate surface area is 167 Å². The molecule has 0 heterocycles. The SMILES string of the molecule is CN(Cc1ccccc1)/N=C(\CCCC(=O)c1ccccc1)c1ccccc1. The average Bonchev–Trinajstić information content (AvgIpc) is 2.75. The van der Waals surface area contributed by atoms with Crippen LogP contribution in [0, 0.1) is 0 Å². The normalized spacial score (nSPS) is 11.2. The topological polar surface area (TPSA) is 32.7 Å². The van der Waals surface area contributed by atoms with Crippen LogP contribution in [0.1, 0.15) is 40.7 Å². The van der Waals surface area contributed by atoms with E-state index in [1.54, 1.807) is 0 Å². The zero-order valence-electron chi connectivity index (χ0n) is 16.3. The number of benzene rings is 3. The van der Waals surface area contributed by atoms with E-state index in [1.165, 1.54) is 5.56 Å². The van der Waals surface area contributed by atoms with Gasteiger partial charge in [0.25, 0.3) is 0 Å². The summed E-state index contributed by atoms with van der Waals surface area (Å²) in [5.74, 6) is 0.186. The van der Waals surface area contributed by atoms with E-state index >= 15 is 0 Å². The van der Waals surface area contributed by atoms with Crippen LogP contribution < -0.4 is 0 Å². The minimum absolute atomic E-state index is 0.186. The van der Waals surface area contributed by atoms with Crippen LogP contribution in [-0.2, 0) is 6.54 Å². The number of nitrogens with zero attached hydrogens (tertiary/aromatic N) is 2. The van der Waals surface area contributed by atoms with Gasteiger partial charge in [0.1, 0.15) is 0 Å². The van der Waals surface area contributed by atoms with Gasteiger partial charge >= 0.3 is 0 Å². The predicted molar refractivity (Wildman–Crippen MR) is 116 cm³/mol. The van der Waals surface area contributed by atoms with Gasteiger partial charge in [0.05, 0.1) is 12.3 Å². The fraction of sp³-hybridized carbons (Fsp3) is 0.200. The lowest BCUT2D eigenvalue weighted by atomic mass is 10.0. The van der Waals surface area contributed by atoms with Gasteiger partial charge in [0, 0.05) is 19.0 Å². The molecule has 0 bridgehead atoms. The van der Waals surface area contributed by atoms with Crippen LogP contribution in [0.25, 0.3) is 0 Å². The van der Waals surface area contributed by atoms with Gasteiger partial charge in [-0.25, -0.2) is 0 Å². The van der Waals surface area contributed by atoms with Crippen LogP contribution >= 0.6 is 0 Å². The molecule has 0 amide bonds. The lowest BCUT2D eigenvalue weighted by molar-refractivity contribution is 0.0981. The van der Waals surface area contributed by atoms with Gasteiger partial charge < -0.3 is 0 Å². The highest BCUT2D eigenvalue weighted by atomic mass is 16.1. The van der Waals surface area contributed by atoms with Gasteiger partial charge in [-0.15, -0.1) is 0 Å². The van der Waals surface area contributed by atoms with E-state index in [-0.39, 0.29) is 5.78 Å². The Morgan fingerprint density at radius 3 is 1.89 bits per heavy atom. The summed E-state index contributed by atoms with van der Waals surface area (Å²) in [7, 11) is 1.99. The van der Waals surface area contributed by atoms with Crippen molar-refractivity contribution in [3.8, 4) is 0 Å². The molecule has 0 aliphatic rings. The molecule has 0 radical (unpaired) electrons. The predicted octanol–water partition coefficient (Wildman–Crippen LogP) is 5.58.